The second-order valence-corrected chi connectivity index (χ2v) is 5.67. The molecule has 1 aliphatic carbocycles. The summed E-state index contributed by atoms with van der Waals surface area (Å²) in [7, 11) is 2.10. The van der Waals surface area contributed by atoms with Gasteiger partial charge in [0, 0.05) is 12.5 Å². The Hall–Kier alpha value is -1.02. The van der Waals surface area contributed by atoms with Crippen molar-refractivity contribution >= 4 is 0 Å². The normalized spacial score (nSPS) is 27.4. The molecule has 0 amide bonds. The third-order valence-corrected chi connectivity index (χ3v) is 4.52. The van der Waals surface area contributed by atoms with Crippen LogP contribution >= 0.6 is 0 Å². The summed E-state index contributed by atoms with van der Waals surface area (Å²) < 4.78 is 5.60. The van der Waals surface area contributed by atoms with E-state index in [1.165, 1.54) is 43.2 Å². The molecule has 2 aliphatic rings. The fraction of sp³-hybridized carbons (Fsp3) is 0.625. The van der Waals surface area contributed by atoms with E-state index < -0.39 is 0 Å². The summed E-state index contributed by atoms with van der Waals surface area (Å²) in [5.74, 6) is 1.84. The summed E-state index contributed by atoms with van der Waals surface area (Å²) in [6.07, 6.45) is 7.80. The largest absolute Gasteiger partial charge is 0.493 e. The van der Waals surface area contributed by atoms with Crippen LogP contribution in [-0.2, 0) is 6.42 Å². The average molecular weight is 245 g/mol. The Labute approximate surface area is 110 Å². The van der Waals surface area contributed by atoms with E-state index in [-0.39, 0.29) is 0 Å². The lowest BCUT2D eigenvalue weighted by atomic mass is 9.89. The minimum atomic E-state index is 0.696. The number of rotatable bonds is 2. The Morgan fingerprint density at radius 3 is 3.00 bits per heavy atom. The highest BCUT2D eigenvalue weighted by Crippen LogP contribution is 2.35. The zero-order valence-electron chi connectivity index (χ0n) is 11.2. The Kier molecular flexibility index (Phi) is 3.55. The van der Waals surface area contributed by atoms with Crippen LogP contribution in [0.4, 0.5) is 0 Å². The topological polar surface area (TPSA) is 21.3 Å². The van der Waals surface area contributed by atoms with Crippen LogP contribution in [0.3, 0.4) is 0 Å². The minimum Gasteiger partial charge on any atom is -0.493 e. The molecule has 98 valence electrons. The van der Waals surface area contributed by atoms with E-state index in [1.54, 1.807) is 0 Å². The van der Waals surface area contributed by atoms with Crippen LogP contribution in [0.25, 0.3) is 0 Å². The fourth-order valence-corrected chi connectivity index (χ4v) is 3.39. The van der Waals surface area contributed by atoms with Crippen molar-refractivity contribution in [3.05, 3.63) is 29.3 Å². The zero-order chi connectivity index (χ0) is 12.4. The molecule has 1 aromatic carbocycles. The second-order valence-electron chi connectivity index (χ2n) is 5.67. The maximum atomic E-state index is 5.60. The van der Waals surface area contributed by atoms with Gasteiger partial charge in [0.15, 0.2) is 0 Å². The van der Waals surface area contributed by atoms with Crippen molar-refractivity contribution in [1.82, 2.24) is 5.32 Å². The smallest absolute Gasteiger partial charge is 0.122 e. The van der Waals surface area contributed by atoms with E-state index in [2.05, 4.69) is 30.6 Å². The molecule has 1 fully saturated rings. The van der Waals surface area contributed by atoms with Crippen molar-refractivity contribution in [3.63, 3.8) is 0 Å². The number of hydrogen-bond donors (Lipinski definition) is 1. The van der Waals surface area contributed by atoms with Crippen LogP contribution in [0.5, 0.6) is 5.75 Å². The van der Waals surface area contributed by atoms with Gasteiger partial charge in [0.05, 0.1) is 6.61 Å². The van der Waals surface area contributed by atoms with E-state index in [0.717, 1.165) is 24.7 Å². The molecule has 1 saturated carbocycles. The van der Waals surface area contributed by atoms with Crippen molar-refractivity contribution in [2.75, 3.05) is 13.7 Å². The number of nitrogens with one attached hydrogen (secondary N) is 1. The van der Waals surface area contributed by atoms with Crippen LogP contribution in [0.15, 0.2) is 18.2 Å². The second kappa shape index (κ2) is 5.31. The average Bonchev–Trinajstić information content (AvgIpc) is 2.74. The monoisotopic (exact) mass is 245 g/mol. The molecular weight excluding hydrogens is 222 g/mol. The molecule has 2 unspecified atom stereocenters. The summed E-state index contributed by atoms with van der Waals surface area (Å²) in [4.78, 5) is 0. The predicted octanol–water partition coefficient (Wildman–Crippen LogP) is 3.26. The van der Waals surface area contributed by atoms with Crippen molar-refractivity contribution in [2.24, 2.45) is 0 Å². The van der Waals surface area contributed by atoms with Gasteiger partial charge in [-0.1, -0.05) is 25.0 Å². The van der Waals surface area contributed by atoms with E-state index in [0.29, 0.717) is 6.04 Å². The Balaban J connectivity index is 1.80. The summed E-state index contributed by atoms with van der Waals surface area (Å²) in [6, 6.07) is 7.55. The van der Waals surface area contributed by atoms with Crippen LogP contribution in [0.2, 0.25) is 0 Å². The number of benzene rings is 1. The molecule has 0 aromatic heterocycles. The molecule has 1 heterocycles. The highest BCUT2D eigenvalue weighted by atomic mass is 16.5. The maximum Gasteiger partial charge on any atom is 0.122 e. The molecule has 1 aliphatic heterocycles. The van der Waals surface area contributed by atoms with Gasteiger partial charge in [-0.15, -0.1) is 0 Å². The molecular formula is C16H23NO. The van der Waals surface area contributed by atoms with Crippen molar-refractivity contribution in [2.45, 2.75) is 50.5 Å². The zero-order valence-corrected chi connectivity index (χ0v) is 11.2. The molecule has 18 heavy (non-hydrogen) atoms. The molecule has 0 saturated heterocycles. The van der Waals surface area contributed by atoms with Crippen LogP contribution in [-0.4, -0.2) is 19.7 Å². The van der Waals surface area contributed by atoms with Gasteiger partial charge >= 0.3 is 0 Å². The molecule has 1 N–H and O–H groups in total. The number of fused-ring (bicyclic) bond motifs is 1. The summed E-state index contributed by atoms with van der Waals surface area (Å²) >= 11 is 0. The summed E-state index contributed by atoms with van der Waals surface area (Å²) in [5, 5.41) is 3.47. The fourth-order valence-electron chi connectivity index (χ4n) is 3.39. The lowest BCUT2D eigenvalue weighted by Crippen LogP contribution is -2.25. The van der Waals surface area contributed by atoms with Gasteiger partial charge in [-0.3, -0.25) is 0 Å². The standard InChI is InChI=1S/C16H23NO/c1-17-15-5-3-2-4-12(11-15)13-6-7-16-14(10-13)8-9-18-16/h6-7,10,12,15,17H,2-5,8-9,11H2,1H3. The lowest BCUT2D eigenvalue weighted by Gasteiger charge is -2.20. The highest BCUT2D eigenvalue weighted by Gasteiger charge is 2.22. The van der Waals surface area contributed by atoms with Crippen molar-refractivity contribution in [3.8, 4) is 5.75 Å². The Morgan fingerprint density at radius 1 is 1.22 bits per heavy atom. The lowest BCUT2D eigenvalue weighted by molar-refractivity contribution is 0.356. The third kappa shape index (κ3) is 2.39. The molecule has 1 aromatic rings. The molecule has 2 heteroatoms. The van der Waals surface area contributed by atoms with Crippen LogP contribution < -0.4 is 10.1 Å². The van der Waals surface area contributed by atoms with Crippen molar-refractivity contribution in [1.29, 1.82) is 0 Å². The molecule has 0 radical (unpaired) electrons. The van der Waals surface area contributed by atoms with Crippen molar-refractivity contribution < 1.29 is 4.74 Å². The molecule has 0 bridgehead atoms. The van der Waals surface area contributed by atoms with E-state index in [4.69, 9.17) is 4.74 Å². The van der Waals surface area contributed by atoms with Gasteiger partial charge in [0.25, 0.3) is 0 Å². The molecule has 0 spiro atoms. The SMILES string of the molecule is CNC1CCCCC(c2ccc3c(c2)CCO3)C1. The first-order chi connectivity index (χ1) is 8.86. The minimum absolute atomic E-state index is 0.696. The number of ether oxygens (including phenoxy) is 1. The molecule has 2 atom stereocenters. The first-order valence-corrected chi connectivity index (χ1v) is 7.29. The van der Waals surface area contributed by atoms with E-state index in [1.807, 2.05) is 0 Å². The van der Waals surface area contributed by atoms with Gasteiger partial charge in [-0.05, 0) is 49.4 Å². The van der Waals surface area contributed by atoms with Crippen LogP contribution in [0.1, 0.15) is 49.1 Å². The summed E-state index contributed by atoms with van der Waals surface area (Å²) in [5.41, 5.74) is 2.94. The highest BCUT2D eigenvalue weighted by molar-refractivity contribution is 5.41. The Morgan fingerprint density at radius 2 is 2.11 bits per heavy atom. The van der Waals surface area contributed by atoms with Gasteiger partial charge in [-0.25, -0.2) is 0 Å². The quantitative estimate of drug-likeness (QED) is 0.808. The van der Waals surface area contributed by atoms with Gasteiger partial charge in [-0.2, -0.15) is 0 Å². The Bertz CT molecular complexity index is 416. The van der Waals surface area contributed by atoms with Gasteiger partial charge < -0.3 is 10.1 Å². The predicted molar refractivity (Wildman–Crippen MR) is 74.3 cm³/mol. The third-order valence-electron chi connectivity index (χ3n) is 4.52. The maximum absolute atomic E-state index is 5.60. The van der Waals surface area contributed by atoms with Crippen LogP contribution in [0, 0.1) is 0 Å². The molecule has 2 nitrogen and oxygen atoms in total. The first-order valence-electron chi connectivity index (χ1n) is 7.29. The first kappa shape index (κ1) is 12.0. The molecule has 3 rings (SSSR count). The van der Waals surface area contributed by atoms with Gasteiger partial charge in [0.1, 0.15) is 5.75 Å². The van der Waals surface area contributed by atoms with E-state index in [9.17, 15) is 0 Å². The van der Waals surface area contributed by atoms with E-state index >= 15 is 0 Å². The summed E-state index contributed by atoms with van der Waals surface area (Å²) in [6.45, 7) is 0.864. The number of hydrogen-bond acceptors (Lipinski definition) is 2. The van der Waals surface area contributed by atoms with Gasteiger partial charge in [0.2, 0.25) is 0 Å².